The van der Waals surface area contributed by atoms with Crippen molar-refractivity contribution in [1.29, 1.82) is 0 Å². The third kappa shape index (κ3) is 7.21. The lowest BCUT2D eigenvalue weighted by molar-refractivity contribution is -0.121. The van der Waals surface area contributed by atoms with Crippen LogP contribution < -0.4 is 16.0 Å². The zero-order valence-electron chi connectivity index (χ0n) is 15.8. The third-order valence-electron chi connectivity index (χ3n) is 4.19. The van der Waals surface area contributed by atoms with Gasteiger partial charge in [0.15, 0.2) is 0 Å². The first-order valence-corrected chi connectivity index (χ1v) is 9.02. The van der Waals surface area contributed by atoms with Gasteiger partial charge in [-0.3, -0.25) is 4.79 Å². The van der Waals surface area contributed by atoms with Gasteiger partial charge in [0.05, 0.1) is 11.4 Å². The molecule has 0 radical (unpaired) electrons. The van der Waals surface area contributed by atoms with Gasteiger partial charge in [0, 0.05) is 26.1 Å². The molecule has 0 bridgehead atoms. The number of carbonyl (C=O) groups excluding carboxylic acids is 1. The van der Waals surface area contributed by atoms with Gasteiger partial charge in [0.2, 0.25) is 5.91 Å². The molecule has 1 aromatic rings. The average molecular weight is 335 g/mol. The van der Waals surface area contributed by atoms with Crippen molar-refractivity contribution in [2.75, 3.05) is 50.9 Å². The van der Waals surface area contributed by atoms with E-state index < -0.39 is 0 Å². The summed E-state index contributed by atoms with van der Waals surface area (Å²) in [5, 5.41) is 2.99. The molecule has 1 amide bonds. The van der Waals surface area contributed by atoms with Gasteiger partial charge in [-0.05, 0) is 71.4 Å². The minimum absolute atomic E-state index is 0.117. The van der Waals surface area contributed by atoms with Gasteiger partial charge in [-0.1, -0.05) is 6.07 Å². The number of amides is 1. The van der Waals surface area contributed by atoms with E-state index in [2.05, 4.69) is 55.2 Å². The Bertz CT molecular complexity index is 498. The van der Waals surface area contributed by atoms with E-state index >= 15 is 0 Å². The zero-order chi connectivity index (χ0) is 17.9. The molecule has 5 nitrogen and oxygen atoms in total. The number of nitrogens with two attached hydrogens (primary N) is 1. The first-order valence-electron chi connectivity index (χ1n) is 9.02. The van der Waals surface area contributed by atoms with Gasteiger partial charge >= 0.3 is 0 Å². The molecule has 0 unspecified atom stereocenters. The number of hydrogen-bond donors (Lipinski definition) is 2. The van der Waals surface area contributed by atoms with Crippen molar-refractivity contribution in [1.82, 2.24) is 10.2 Å². The average Bonchev–Trinajstić information content (AvgIpc) is 2.55. The maximum atomic E-state index is 11.9. The summed E-state index contributed by atoms with van der Waals surface area (Å²) < 4.78 is 0. The van der Waals surface area contributed by atoms with E-state index in [1.807, 2.05) is 6.07 Å². The lowest BCUT2D eigenvalue weighted by Crippen LogP contribution is -2.25. The van der Waals surface area contributed by atoms with Crippen LogP contribution in [0.5, 0.6) is 0 Å². The van der Waals surface area contributed by atoms with Crippen molar-refractivity contribution in [2.45, 2.75) is 39.5 Å². The predicted octanol–water partition coefficient (Wildman–Crippen LogP) is 2.51. The van der Waals surface area contributed by atoms with Crippen LogP contribution >= 0.6 is 0 Å². The summed E-state index contributed by atoms with van der Waals surface area (Å²) >= 11 is 0. The van der Waals surface area contributed by atoms with Crippen LogP contribution in [0.25, 0.3) is 0 Å². The molecule has 3 N–H and O–H groups in total. The molecule has 24 heavy (non-hydrogen) atoms. The Hall–Kier alpha value is -1.75. The number of nitrogens with zero attached hydrogens (tertiary/aromatic N) is 2. The fraction of sp³-hybridized carbons (Fsp3) is 0.632. The summed E-state index contributed by atoms with van der Waals surface area (Å²) in [7, 11) is 4.13. The molecule has 0 saturated heterocycles. The largest absolute Gasteiger partial charge is 0.397 e. The Morgan fingerprint density at radius 1 is 1.17 bits per heavy atom. The van der Waals surface area contributed by atoms with Crippen LogP contribution in [0.3, 0.4) is 0 Å². The van der Waals surface area contributed by atoms with Crippen LogP contribution in [0.4, 0.5) is 11.4 Å². The number of hydrogen-bond acceptors (Lipinski definition) is 4. The van der Waals surface area contributed by atoms with E-state index in [-0.39, 0.29) is 5.91 Å². The smallest absolute Gasteiger partial charge is 0.220 e. The molecule has 0 aliphatic carbocycles. The summed E-state index contributed by atoms with van der Waals surface area (Å²) in [6, 6.07) is 6.14. The quantitative estimate of drug-likeness (QED) is 0.482. The van der Waals surface area contributed by atoms with Gasteiger partial charge in [-0.2, -0.15) is 0 Å². The van der Waals surface area contributed by atoms with E-state index in [1.54, 1.807) is 0 Å². The highest BCUT2D eigenvalue weighted by atomic mass is 16.1. The number of rotatable bonds is 11. The predicted molar refractivity (Wildman–Crippen MR) is 104 cm³/mol. The molecule has 0 aliphatic heterocycles. The normalized spacial score (nSPS) is 10.9. The first-order chi connectivity index (χ1) is 11.5. The molecule has 0 heterocycles. The topological polar surface area (TPSA) is 61.6 Å². The second-order valence-corrected chi connectivity index (χ2v) is 6.43. The second-order valence-electron chi connectivity index (χ2n) is 6.43. The number of unbranched alkanes of at least 4 members (excludes halogenated alkanes) is 1. The number of carbonyl (C=O) groups is 1. The number of nitrogen functional groups attached to an aromatic ring is 1. The lowest BCUT2D eigenvalue weighted by Gasteiger charge is -2.23. The Labute approximate surface area is 147 Å². The molecule has 136 valence electrons. The van der Waals surface area contributed by atoms with E-state index in [0.717, 1.165) is 62.4 Å². The van der Waals surface area contributed by atoms with Crippen LogP contribution in [0.2, 0.25) is 0 Å². The summed E-state index contributed by atoms with van der Waals surface area (Å²) in [6.45, 7) is 7.95. The molecule has 1 rings (SSSR count). The van der Waals surface area contributed by atoms with E-state index in [0.29, 0.717) is 6.42 Å². The highest BCUT2D eigenvalue weighted by molar-refractivity contribution is 5.76. The summed E-state index contributed by atoms with van der Waals surface area (Å²) in [5.41, 5.74) is 9.16. The van der Waals surface area contributed by atoms with E-state index in [1.165, 1.54) is 0 Å². The SMILES string of the molecule is CCN(CC)c1ccc(CCC(=O)NCCCCN(C)C)cc1N. The van der Waals surface area contributed by atoms with Gasteiger partial charge in [0.25, 0.3) is 0 Å². The molecule has 0 spiro atoms. The van der Waals surface area contributed by atoms with Crippen molar-refractivity contribution < 1.29 is 4.79 Å². The van der Waals surface area contributed by atoms with Crippen molar-refractivity contribution in [2.24, 2.45) is 0 Å². The van der Waals surface area contributed by atoms with Crippen LogP contribution in [0, 0.1) is 0 Å². The monoisotopic (exact) mass is 334 g/mol. The maximum absolute atomic E-state index is 11.9. The Kier molecular flexibility index (Phi) is 9.23. The van der Waals surface area contributed by atoms with Gasteiger partial charge in [-0.25, -0.2) is 0 Å². The highest BCUT2D eigenvalue weighted by Crippen LogP contribution is 2.24. The molecule has 0 saturated carbocycles. The molecular formula is C19H34N4O. The van der Waals surface area contributed by atoms with E-state index in [4.69, 9.17) is 5.73 Å². The minimum Gasteiger partial charge on any atom is -0.397 e. The zero-order valence-corrected chi connectivity index (χ0v) is 15.8. The van der Waals surface area contributed by atoms with Crippen LogP contribution in [-0.2, 0) is 11.2 Å². The van der Waals surface area contributed by atoms with Crippen molar-refractivity contribution in [3.8, 4) is 0 Å². The molecule has 1 aromatic carbocycles. The minimum atomic E-state index is 0.117. The molecular weight excluding hydrogens is 300 g/mol. The van der Waals surface area contributed by atoms with Gasteiger partial charge in [0.1, 0.15) is 0 Å². The Morgan fingerprint density at radius 2 is 1.88 bits per heavy atom. The van der Waals surface area contributed by atoms with Crippen LogP contribution in [0.15, 0.2) is 18.2 Å². The number of anilines is 2. The highest BCUT2D eigenvalue weighted by Gasteiger charge is 2.08. The number of benzene rings is 1. The molecule has 5 heteroatoms. The van der Waals surface area contributed by atoms with Crippen molar-refractivity contribution >= 4 is 17.3 Å². The number of aryl methyl sites for hydroxylation is 1. The second kappa shape index (κ2) is 10.9. The van der Waals surface area contributed by atoms with E-state index in [9.17, 15) is 4.79 Å². The standard InChI is InChI=1S/C19H34N4O/c1-5-23(6-2)18-11-9-16(15-17(18)20)10-12-19(24)21-13-7-8-14-22(3)4/h9,11,15H,5-8,10,12-14,20H2,1-4H3,(H,21,24). The lowest BCUT2D eigenvalue weighted by atomic mass is 10.1. The number of nitrogens with one attached hydrogen (secondary N) is 1. The van der Waals surface area contributed by atoms with Crippen LogP contribution in [-0.4, -0.2) is 51.1 Å². The molecule has 0 aromatic heterocycles. The fourth-order valence-electron chi connectivity index (χ4n) is 2.74. The summed E-state index contributed by atoms with van der Waals surface area (Å²) in [6.07, 6.45) is 3.37. The van der Waals surface area contributed by atoms with Crippen molar-refractivity contribution in [3.63, 3.8) is 0 Å². The first kappa shape index (κ1) is 20.3. The van der Waals surface area contributed by atoms with Crippen LogP contribution in [0.1, 0.15) is 38.7 Å². The molecule has 0 fully saturated rings. The Balaban J connectivity index is 2.36. The third-order valence-corrected chi connectivity index (χ3v) is 4.19. The maximum Gasteiger partial charge on any atom is 0.220 e. The van der Waals surface area contributed by atoms with Crippen molar-refractivity contribution in [3.05, 3.63) is 23.8 Å². The summed E-state index contributed by atoms with van der Waals surface area (Å²) in [4.78, 5) is 16.3. The Morgan fingerprint density at radius 3 is 2.46 bits per heavy atom. The fourth-order valence-corrected chi connectivity index (χ4v) is 2.74. The summed E-state index contributed by atoms with van der Waals surface area (Å²) in [5.74, 6) is 0.117. The van der Waals surface area contributed by atoms with Gasteiger partial charge < -0.3 is 20.9 Å². The molecule has 0 atom stereocenters. The molecule has 0 aliphatic rings. The van der Waals surface area contributed by atoms with Gasteiger partial charge in [-0.15, -0.1) is 0 Å².